The van der Waals surface area contributed by atoms with Crippen molar-refractivity contribution < 1.29 is 4.39 Å². The molecule has 0 fully saturated rings. The van der Waals surface area contributed by atoms with Gasteiger partial charge in [-0.25, -0.2) is 4.39 Å². The van der Waals surface area contributed by atoms with Crippen molar-refractivity contribution in [3.63, 3.8) is 0 Å². The van der Waals surface area contributed by atoms with E-state index in [1.165, 1.54) is 0 Å². The van der Waals surface area contributed by atoms with Crippen molar-refractivity contribution in [3.8, 4) is 0 Å². The second-order valence-electron chi connectivity index (χ2n) is 2.23. The van der Waals surface area contributed by atoms with E-state index in [0.29, 0.717) is 12.3 Å². The van der Waals surface area contributed by atoms with Crippen LogP contribution in [0.4, 0.5) is 4.39 Å². The molecule has 1 atom stereocenters. The molecule has 0 aliphatic carbocycles. The molecular formula is C6H12F. The molecule has 1 radical (unpaired) electrons. The minimum absolute atomic E-state index is 0.437. The van der Waals surface area contributed by atoms with Gasteiger partial charge in [0.2, 0.25) is 0 Å². The smallest absolute Gasteiger partial charge is 0.100 e. The van der Waals surface area contributed by atoms with Crippen LogP contribution in [0, 0.1) is 12.8 Å². The van der Waals surface area contributed by atoms with Crippen LogP contribution in [0.2, 0.25) is 0 Å². The molecule has 0 heterocycles. The first kappa shape index (κ1) is 6.93. The predicted octanol–water partition coefficient (Wildman–Crippen LogP) is 2.20. The second kappa shape index (κ2) is 3.00. The predicted molar refractivity (Wildman–Crippen MR) is 29.7 cm³/mol. The van der Waals surface area contributed by atoms with Crippen LogP contribution in [0.25, 0.3) is 0 Å². The molecule has 0 saturated carbocycles. The maximum Gasteiger partial charge on any atom is 0.100 e. The lowest BCUT2D eigenvalue weighted by molar-refractivity contribution is 0.336. The van der Waals surface area contributed by atoms with E-state index in [0.717, 1.165) is 0 Å². The number of alkyl halides is 1. The summed E-state index contributed by atoms with van der Waals surface area (Å²) in [6, 6.07) is 0. The van der Waals surface area contributed by atoms with Gasteiger partial charge in [-0.1, -0.05) is 13.8 Å². The van der Waals surface area contributed by atoms with Gasteiger partial charge in [0.05, 0.1) is 0 Å². The summed E-state index contributed by atoms with van der Waals surface area (Å²) in [6.45, 7) is 7.18. The van der Waals surface area contributed by atoms with Crippen LogP contribution in [0.1, 0.15) is 20.3 Å². The fourth-order valence-electron chi connectivity index (χ4n) is 0.512. The zero-order chi connectivity index (χ0) is 5.86. The summed E-state index contributed by atoms with van der Waals surface area (Å²) in [5.41, 5.74) is 0. The lowest BCUT2D eigenvalue weighted by Crippen LogP contribution is -1.98. The Morgan fingerprint density at radius 2 is 2.00 bits per heavy atom. The molecule has 43 valence electrons. The Labute approximate surface area is 44.7 Å². The first-order valence-electron chi connectivity index (χ1n) is 2.60. The topological polar surface area (TPSA) is 0 Å². The van der Waals surface area contributed by atoms with E-state index in [1.807, 2.05) is 13.8 Å². The van der Waals surface area contributed by atoms with Gasteiger partial charge in [-0.15, -0.1) is 0 Å². The Bertz CT molecular complexity index is 33.4. The molecule has 0 aromatic rings. The SMILES string of the molecule is [CH2]C(F)CC(C)C. The highest BCUT2D eigenvalue weighted by atomic mass is 19.1. The van der Waals surface area contributed by atoms with Crippen LogP contribution in [-0.4, -0.2) is 6.17 Å². The summed E-state index contributed by atoms with van der Waals surface area (Å²) < 4.78 is 11.8. The van der Waals surface area contributed by atoms with Crippen molar-refractivity contribution >= 4 is 0 Å². The van der Waals surface area contributed by atoms with Crippen LogP contribution in [0.3, 0.4) is 0 Å². The summed E-state index contributed by atoms with van der Waals surface area (Å²) in [7, 11) is 0. The van der Waals surface area contributed by atoms with Gasteiger partial charge < -0.3 is 0 Å². The number of hydrogen-bond acceptors (Lipinski definition) is 0. The fraction of sp³-hybridized carbons (Fsp3) is 0.833. The molecule has 0 rings (SSSR count). The molecule has 1 unspecified atom stereocenters. The van der Waals surface area contributed by atoms with E-state index in [-0.39, 0.29) is 0 Å². The minimum atomic E-state index is -0.875. The third kappa shape index (κ3) is 5.93. The monoisotopic (exact) mass is 103 g/mol. The second-order valence-corrected chi connectivity index (χ2v) is 2.23. The summed E-state index contributed by atoms with van der Waals surface area (Å²) in [4.78, 5) is 0. The Hall–Kier alpha value is -0.0700. The first-order chi connectivity index (χ1) is 3.13. The molecule has 0 amide bonds. The molecule has 7 heavy (non-hydrogen) atoms. The molecule has 0 N–H and O–H groups in total. The molecule has 0 nitrogen and oxygen atoms in total. The third-order valence-electron chi connectivity index (χ3n) is 0.727. The highest BCUT2D eigenvalue weighted by molar-refractivity contribution is 4.58. The van der Waals surface area contributed by atoms with Gasteiger partial charge in [0.25, 0.3) is 0 Å². The van der Waals surface area contributed by atoms with E-state index in [9.17, 15) is 4.39 Å². The van der Waals surface area contributed by atoms with Crippen LogP contribution in [-0.2, 0) is 0 Å². The quantitative estimate of drug-likeness (QED) is 0.502. The van der Waals surface area contributed by atoms with Crippen LogP contribution in [0.15, 0.2) is 0 Å². The van der Waals surface area contributed by atoms with Crippen molar-refractivity contribution in [1.29, 1.82) is 0 Å². The van der Waals surface area contributed by atoms with E-state index in [4.69, 9.17) is 0 Å². The number of rotatable bonds is 2. The van der Waals surface area contributed by atoms with Gasteiger partial charge in [-0.2, -0.15) is 0 Å². The first-order valence-corrected chi connectivity index (χ1v) is 2.60. The standard InChI is InChI=1S/C6H12F/c1-5(2)4-6(3)7/h5-6H,3-4H2,1-2H3. The van der Waals surface area contributed by atoms with E-state index in [2.05, 4.69) is 6.92 Å². The third-order valence-corrected chi connectivity index (χ3v) is 0.727. The molecule has 0 aromatic heterocycles. The maximum absolute atomic E-state index is 11.8. The van der Waals surface area contributed by atoms with E-state index >= 15 is 0 Å². The van der Waals surface area contributed by atoms with Gasteiger partial charge >= 0.3 is 0 Å². The average molecular weight is 103 g/mol. The molecule has 0 saturated heterocycles. The molecular weight excluding hydrogens is 91.1 g/mol. The molecule has 1 heteroatoms. The highest BCUT2D eigenvalue weighted by Crippen LogP contribution is 2.05. The lowest BCUT2D eigenvalue weighted by atomic mass is 10.1. The average Bonchev–Trinajstić information content (AvgIpc) is 1.27. The van der Waals surface area contributed by atoms with Gasteiger partial charge in [0, 0.05) is 0 Å². The molecule has 0 spiro atoms. The molecule has 0 aliphatic heterocycles. The fourth-order valence-corrected chi connectivity index (χ4v) is 0.512. The number of hydrogen-bond donors (Lipinski definition) is 0. The van der Waals surface area contributed by atoms with Crippen LogP contribution in [0.5, 0.6) is 0 Å². The Morgan fingerprint density at radius 3 is 2.00 bits per heavy atom. The minimum Gasteiger partial charge on any atom is -0.247 e. The Morgan fingerprint density at radius 1 is 1.57 bits per heavy atom. The molecule has 0 bridgehead atoms. The highest BCUT2D eigenvalue weighted by Gasteiger charge is 1.99. The van der Waals surface area contributed by atoms with Gasteiger partial charge in [0.1, 0.15) is 6.17 Å². The summed E-state index contributed by atoms with van der Waals surface area (Å²) in [6.07, 6.45) is -0.292. The van der Waals surface area contributed by atoms with Crippen molar-refractivity contribution in [2.75, 3.05) is 0 Å². The Kier molecular flexibility index (Phi) is 2.97. The zero-order valence-corrected chi connectivity index (χ0v) is 4.95. The lowest BCUT2D eigenvalue weighted by Gasteiger charge is -2.02. The maximum atomic E-state index is 11.8. The van der Waals surface area contributed by atoms with Gasteiger partial charge in [-0.3, -0.25) is 0 Å². The van der Waals surface area contributed by atoms with Crippen molar-refractivity contribution in [3.05, 3.63) is 6.92 Å². The number of halogens is 1. The van der Waals surface area contributed by atoms with E-state index in [1.54, 1.807) is 0 Å². The normalized spacial score (nSPS) is 15.0. The van der Waals surface area contributed by atoms with E-state index < -0.39 is 6.17 Å². The molecule has 0 aliphatic rings. The van der Waals surface area contributed by atoms with Gasteiger partial charge in [-0.05, 0) is 19.3 Å². The van der Waals surface area contributed by atoms with Crippen molar-refractivity contribution in [2.24, 2.45) is 5.92 Å². The molecule has 0 aromatic carbocycles. The summed E-state index contributed by atoms with van der Waals surface area (Å²) in [5.74, 6) is 0.437. The van der Waals surface area contributed by atoms with Crippen LogP contribution < -0.4 is 0 Å². The van der Waals surface area contributed by atoms with Crippen molar-refractivity contribution in [2.45, 2.75) is 26.4 Å². The van der Waals surface area contributed by atoms with Crippen LogP contribution >= 0.6 is 0 Å². The van der Waals surface area contributed by atoms with Crippen molar-refractivity contribution in [1.82, 2.24) is 0 Å². The van der Waals surface area contributed by atoms with Gasteiger partial charge in [0.15, 0.2) is 0 Å². The summed E-state index contributed by atoms with van der Waals surface area (Å²) in [5, 5.41) is 0. The largest absolute Gasteiger partial charge is 0.247 e. The summed E-state index contributed by atoms with van der Waals surface area (Å²) >= 11 is 0. The Balaban J connectivity index is 2.95. The zero-order valence-electron chi connectivity index (χ0n) is 4.95.